The largest absolute Gasteiger partial charge is 0.491 e. The second kappa shape index (κ2) is 8.17. The molecule has 1 aromatic rings. The number of ether oxygens (including phenoxy) is 1. The number of nitriles is 2. The van der Waals surface area contributed by atoms with Crippen LogP contribution in [0.5, 0.6) is 5.75 Å². The van der Waals surface area contributed by atoms with Gasteiger partial charge in [-0.1, -0.05) is 0 Å². The van der Waals surface area contributed by atoms with Crippen LogP contribution in [0.4, 0.5) is 10.1 Å². The molecule has 1 fully saturated rings. The standard InChI is InChI=1S/C17H19FN4O/c1-22-6-4-13(5-7-22)12-23-17-3-2-15(18)8-16(17)21-11-14(9-19)10-20/h2-3,8,11,13,21H,4-7,12H2,1H3. The molecule has 5 nitrogen and oxygen atoms in total. The van der Waals surface area contributed by atoms with Gasteiger partial charge < -0.3 is 15.0 Å². The number of nitrogens with zero attached hydrogens (tertiary/aromatic N) is 3. The molecule has 0 aliphatic carbocycles. The van der Waals surface area contributed by atoms with Gasteiger partial charge in [0.25, 0.3) is 0 Å². The first-order valence-corrected chi connectivity index (χ1v) is 7.50. The van der Waals surface area contributed by atoms with E-state index in [0.717, 1.165) is 25.9 Å². The van der Waals surface area contributed by atoms with Gasteiger partial charge in [0.05, 0.1) is 12.3 Å². The lowest BCUT2D eigenvalue weighted by atomic mass is 9.98. The molecule has 0 saturated carbocycles. The number of benzene rings is 1. The molecule has 1 N–H and O–H groups in total. The average Bonchev–Trinajstić information content (AvgIpc) is 2.56. The molecule has 2 rings (SSSR count). The van der Waals surface area contributed by atoms with Crippen molar-refractivity contribution in [3.63, 3.8) is 0 Å². The summed E-state index contributed by atoms with van der Waals surface area (Å²) in [5.74, 6) is 0.577. The highest BCUT2D eigenvalue weighted by Crippen LogP contribution is 2.27. The Hall–Kier alpha value is -2.57. The van der Waals surface area contributed by atoms with Gasteiger partial charge in [-0.2, -0.15) is 10.5 Å². The molecule has 1 saturated heterocycles. The van der Waals surface area contributed by atoms with Crippen LogP contribution >= 0.6 is 0 Å². The summed E-state index contributed by atoms with van der Waals surface area (Å²) in [6.07, 6.45) is 3.40. The normalized spacial score (nSPS) is 15.3. The highest BCUT2D eigenvalue weighted by molar-refractivity contribution is 5.59. The maximum atomic E-state index is 13.4. The number of nitrogens with one attached hydrogen (secondary N) is 1. The summed E-state index contributed by atoms with van der Waals surface area (Å²) >= 11 is 0. The second-order valence-electron chi connectivity index (χ2n) is 5.62. The minimum Gasteiger partial charge on any atom is -0.491 e. The molecule has 23 heavy (non-hydrogen) atoms. The summed E-state index contributed by atoms with van der Waals surface area (Å²) in [4.78, 5) is 2.29. The van der Waals surface area contributed by atoms with Crippen molar-refractivity contribution in [3.05, 3.63) is 35.8 Å². The van der Waals surface area contributed by atoms with Gasteiger partial charge in [0, 0.05) is 12.3 Å². The van der Waals surface area contributed by atoms with Crippen LogP contribution in [-0.2, 0) is 0 Å². The second-order valence-corrected chi connectivity index (χ2v) is 5.62. The van der Waals surface area contributed by atoms with Crippen LogP contribution in [0.3, 0.4) is 0 Å². The predicted octanol–water partition coefficient (Wildman–Crippen LogP) is 2.89. The molecule has 1 aromatic carbocycles. The van der Waals surface area contributed by atoms with Crippen molar-refractivity contribution in [3.8, 4) is 17.9 Å². The van der Waals surface area contributed by atoms with Gasteiger partial charge in [0.2, 0.25) is 0 Å². The molecule has 1 aliphatic heterocycles. The molecule has 1 heterocycles. The fourth-order valence-electron chi connectivity index (χ4n) is 2.42. The lowest BCUT2D eigenvalue weighted by Gasteiger charge is -2.28. The predicted molar refractivity (Wildman–Crippen MR) is 85.0 cm³/mol. The third-order valence-electron chi connectivity index (χ3n) is 3.87. The minimum atomic E-state index is -0.414. The molecule has 0 bridgehead atoms. The first-order valence-electron chi connectivity index (χ1n) is 7.50. The van der Waals surface area contributed by atoms with Crippen molar-refractivity contribution < 1.29 is 9.13 Å². The zero-order valence-electron chi connectivity index (χ0n) is 13.1. The lowest BCUT2D eigenvalue weighted by Crippen LogP contribution is -2.32. The molecule has 0 atom stereocenters. The van der Waals surface area contributed by atoms with Gasteiger partial charge in [-0.3, -0.25) is 0 Å². The van der Waals surface area contributed by atoms with Gasteiger partial charge >= 0.3 is 0 Å². The van der Waals surface area contributed by atoms with E-state index in [1.807, 2.05) is 0 Å². The van der Waals surface area contributed by atoms with Gasteiger partial charge in [0.15, 0.2) is 0 Å². The summed E-state index contributed by atoms with van der Waals surface area (Å²) in [7, 11) is 2.10. The van der Waals surface area contributed by atoms with Crippen molar-refractivity contribution in [2.24, 2.45) is 5.92 Å². The van der Waals surface area contributed by atoms with Crippen LogP contribution in [0.15, 0.2) is 30.0 Å². The number of rotatable bonds is 5. The Morgan fingerprint density at radius 2 is 2.09 bits per heavy atom. The number of allylic oxidation sites excluding steroid dienone is 1. The topological polar surface area (TPSA) is 72.1 Å². The quantitative estimate of drug-likeness (QED) is 0.846. The summed E-state index contributed by atoms with van der Waals surface area (Å²) in [5, 5.41) is 20.2. The summed E-state index contributed by atoms with van der Waals surface area (Å²) in [6.45, 7) is 2.68. The van der Waals surface area contributed by atoms with Gasteiger partial charge in [-0.15, -0.1) is 0 Å². The van der Waals surface area contributed by atoms with E-state index in [2.05, 4.69) is 17.3 Å². The highest BCUT2D eigenvalue weighted by Gasteiger charge is 2.17. The Balaban J connectivity index is 2.02. The number of anilines is 1. The van der Waals surface area contributed by atoms with Crippen molar-refractivity contribution in [2.45, 2.75) is 12.8 Å². The van der Waals surface area contributed by atoms with E-state index < -0.39 is 5.82 Å². The molecule has 0 amide bonds. The number of hydrogen-bond donors (Lipinski definition) is 1. The van der Waals surface area contributed by atoms with Crippen LogP contribution in [0.25, 0.3) is 0 Å². The molecule has 0 unspecified atom stereocenters. The van der Waals surface area contributed by atoms with Crippen LogP contribution in [-0.4, -0.2) is 31.6 Å². The Morgan fingerprint density at radius 3 is 2.74 bits per heavy atom. The zero-order valence-corrected chi connectivity index (χ0v) is 13.1. The highest BCUT2D eigenvalue weighted by atomic mass is 19.1. The monoisotopic (exact) mass is 314 g/mol. The van der Waals surface area contributed by atoms with E-state index in [0.29, 0.717) is 24.0 Å². The Labute approximate surface area is 135 Å². The Morgan fingerprint density at radius 1 is 1.39 bits per heavy atom. The van der Waals surface area contributed by atoms with E-state index in [4.69, 9.17) is 15.3 Å². The molecule has 6 heteroatoms. The van der Waals surface area contributed by atoms with E-state index in [1.54, 1.807) is 18.2 Å². The van der Waals surface area contributed by atoms with E-state index in [-0.39, 0.29) is 5.57 Å². The Bertz CT molecular complexity index is 636. The van der Waals surface area contributed by atoms with Crippen molar-refractivity contribution >= 4 is 5.69 Å². The maximum Gasteiger partial charge on any atom is 0.145 e. The van der Waals surface area contributed by atoms with Crippen molar-refractivity contribution in [1.29, 1.82) is 10.5 Å². The fourth-order valence-corrected chi connectivity index (χ4v) is 2.42. The molecular weight excluding hydrogens is 295 g/mol. The van der Waals surface area contributed by atoms with Crippen LogP contribution < -0.4 is 10.1 Å². The number of likely N-dealkylation sites (tertiary alicyclic amines) is 1. The molecule has 0 spiro atoms. The molecule has 120 valence electrons. The van der Waals surface area contributed by atoms with Gasteiger partial charge in [0.1, 0.15) is 29.3 Å². The van der Waals surface area contributed by atoms with Crippen molar-refractivity contribution in [1.82, 2.24) is 4.90 Å². The van der Waals surface area contributed by atoms with Gasteiger partial charge in [-0.05, 0) is 51.0 Å². The summed E-state index contributed by atoms with van der Waals surface area (Å²) in [6, 6.07) is 7.65. The molecule has 1 aliphatic rings. The van der Waals surface area contributed by atoms with E-state index >= 15 is 0 Å². The first-order chi connectivity index (χ1) is 11.1. The molecule has 0 aromatic heterocycles. The van der Waals surface area contributed by atoms with Crippen LogP contribution in [0, 0.1) is 34.4 Å². The van der Waals surface area contributed by atoms with Crippen molar-refractivity contribution in [2.75, 3.05) is 32.1 Å². The van der Waals surface area contributed by atoms with Gasteiger partial charge in [-0.25, -0.2) is 4.39 Å². The number of hydrogen-bond acceptors (Lipinski definition) is 5. The fraction of sp³-hybridized carbons (Fsp3) is 0.412. The van der Waals surface area contributed by atoms with Crippen LogP contribution in [0.1, 0.15) is 12.8 Å². The zero-order chi connectivity index (χ0) is 16.7. The molecular formula is C17H19FN4O. The number of piperidine rings is 1. The maximum absolute atomic E-state index is 13.4. The summed E-state index contributed by atoms with van der Waals surface area (Å²) in [5.41, 5.74) is 0.316. The Kier molecular flexibility index (Phi) is 5.96. The third-order valence-corrected chi connectivity index (χ3v) is 3.87. The van der Waals surface area contributed by atoms with E-state index in [9.17, 15) is 4.39 Å². The SMILES string of the molecule is CN1CCC(COc2ccc(F)cc2NC=C(C#N)C#N)CC1. The van der Waals surface area contributed by atoms with E-state index in [1.165, 1.54) is 18.3 Å². The summed E-state index contributed by atoms with van der Waals surface area (Å²) < 4.78 is 19.2. The van der Waals surface area contributed by atoms with Crippen LogP contribution in [0.2, 0.25) is 0 Å². The number of halogens is 1. The average molecular weight is 314 g/mol. The third kappa shape index (κ3) is 4.98. The first kappa shape index (κ1) is 16.8. The minimum absolute atomic E-state index is 0.0875. The lowest BCUT2D eigenvalue weighted by molar-refractivity contribution is 0.160. The molecule has 0 radical (unpaired) electrons. The smallest absolute Gasteiger partial charge is 0.145 e.